The summed E-state index contributed by atoms with van der Waals surface area (Å²) in [7, 11) is 0. The highest BCUT2D eigenvalue weighted by Crippen LogP contribution is 2.28. The summed E-state index contributed by atoms with van der Waals surface area (Å²) in [6.07, 6.45) is 3.78. The zero-order valence-electron chi connectivity index (χ0n) is 20.8. The van der Waals surface area contributed by atoms with Crippen LogP contribution in [0.1, 0.15) is 65.4 Å². The number of unbranched alkanes of at least 4 members (excludes halogenated alkanes) is 3. The molecule has 2 aliphatic rings. The van der Waals surface area contributed by atoms with Gasteiger partial charge >= 0.3 is 11.7 Å². The molecule has 0 saturated carbocycles. The summed E-state index contributed by atoms with van der Waals surface area (Å²) < 4.78 is 6.89. The van der Waals surface area contributed by atoms with E-state index >= 15 is 0 Å². The van der Waals surface area contributed by atoms with Crippen LogP contribution < -0.4 is 16.6 Å². The van der Waals surface area contributed by atoms with Crippen LogP contribution >= 0.6 is 0 Å². The number of aromatic nitrogens is 4. The molecule has 0 aliphatic carbocycles. The van der Waals surface area contributed by atoms with E-state index in [1.165, 1.54) is 0 Å². The van der Waals surface area contributed by atoms with Gasteiger partial charge < -0.3 is 14.6 Å². The van der Waals surface area contributed by atoms with Gasteiger partial charge in [0.15, 0.2) is 11.5 Å². The zero-order chi connectivity index (χ0) is 24.9. The molecular weight excluding hydrogens is 434 g/mol. The molecule has 0 spiro atoms. The first-order valence-electron chi connectivity index (χ1n) is 11.9. The minimum Gasteiger partial charge on any atom is -0.466 e. The van der Waals surface area contributed by atoms with Crippen LogP contribution in [0.5, 0.6) is 0 Å². The third-order valence-corrected chi connectivity index (χ3v) is 5.58. The van der Waals surface area contributed by atoms with Crippen molar-refractivity contribution in [3.63, 3.8) is 0 Å². The van der Waals surface area contributed by atoms with Gasteiger partial charge in [-0.05, 0) is 49.8 Å². The van der Waals surface area contributed by atoms with Gasteiger partial charge in [-0.15, -0.1) is 0 Å². The Kier molecular flexibility index (Phi) is 8.06. The topological polar surface area (TPSA) is 119 Å². The average Bonchev–Trinajstić information content (AvgIpc) is 2.74. The number of benzene rings is 1. The fourth-order valence-electron chi connectivity index (χ4n) is 3.85. The highest BCUT2D eigenvalue weighted by atomic mass is 16.5. The number of nitrogens with zero attached hydrogens (tertiary/aromatic N) is 3. The summed E-state index contributed by atoms with van der Waals surface area (Å²) >= 11 is 0. The molecular formula is C25H35N5O4. The van der Waals surface area contributed by atoms with E-state index in [-0.39, 0.29) is 17.1 Å². The van der Waals surface area contributed by atoms with Crippen molar-refractivity contribution >= 4 is 22.7 Å². The fraction of sp³-hybridized carbons (Fsp3) is 0.560. The van der Waals surface area contributed by atoms with Crippen LogP contribution in [0.2, 0.25) is 0 Å². The Bertz CT molecular complexity index is 1240. The van der Waals surface area contributed by atoms with Crippen LogP contribution in [0.15, 0.2) is 21.7 Å². The van der Waals surface area contributed by atoms with Gasteiger partial charge in [0.25, 0.3) is 5.56 Å². The first kappa shape index (κ1) is 25.4. The standard InChI is InChI=1S/C25H35N5O4/c1-6-34-20(31)11-9-7-8-10-12-30-19-14-17(26-15-25(3,4)5)16(2)13-18(19)27-21-22(30)28-24(33)29-23(21)32/h13-14,26H,6-12,15H2,1-5H3,(H,29,32,33). The lowest BCUT2D eigenvalue weighted by Crippen LogP contribution is -2.29. The summed E-state index contributed by atoms with van der Waals surface area (Å²) in [5.41, 5.74) is 2.56. The van der Waals surface area contributed by atoms with Crippen LogP contribution in [0.25, 0.3) is 22.6 Å². The molecule has 0 unspecified atom stereocenters. The first-order chi connectivity index (χ1) is 16.1. The van der Waals surface area contributed by atoms with Crippen molar-refractivity contribution in [1.29, 1.82) is 0 Å². The number of hydrogen-bond acceptors (Lipinski definition) is 7. The summed E-state index contributed by atoms with van der Waals surface area (Å²) in [6.45, 7) is 12.1. The number of hydrogen-bond donors (Lipinski definition) is 2. The van der Waals surface area contributed by atoms with Gasteiger partial charge in [0, 0.05) is 25.2 Å². The Hall–Kier alpha value is -3.23. The minimum atomic E-state index is -0.681. The SMILES string of the molecule is CCOC(=O)CCCCCCn1c2nc(=O)[nH]c(=O)c-2nc2cc(C)c(NCC(C)(C)C)cc21. The predicted octanol–water partition coefficient (Wildman–Crippen LogP) is 3.86. The summed E-state index contributed by atoms with van der Waals surface area (Å²) in [6, 6.07) is 3.98. The van der Waals surface area contributed by atoms with E-state index in [1.54, 1.807) is 6.92 Å². The maximum atomic E-state index is 12.5. The molecule has 9 nitrogen and oxygen atoms in total. The highest BCUT2D eigenvalue weighted by Gasteiger charge is 2.20. The number of fused-ring (bicyclic) bond motifs is 2. The van der Waals surface area contributed by atoms with Crippen LogP contribution in [0.3, 0.4) is 0 Å². The highest BCUT2D eigenvalue weighted by molar-refractivity contribution is 5.84. The second kappa shape index (κ2) is 10.8. The largest absolute Gasteiger partial charge is 0.466 e. The molecule has 1 aromatic rings. The molecule has 3 rings (SSSR count). The summed E-state index contributed by atoms with van der Waals surface area (Å²) in [5.74, 6) is 0.124. The molecule has 0 radical (unpaired) electrons. The van der Waals surface area contributed by atoms with E-state index in [2.05, 4.69) is 41.0 Å². The van der Waals surface area contributed by atoms with Crippen LogP contribution in [0, 0.1) is 12.3 Å². The van der Waals surface area contributed by atoms with Gasteiger partial charge in [-0.2, -0.15) is 4.98 Å². The van der Waals surface area contributed by atoms with Crippen molar-refractivity contribution in [2.75, 3.05) is 18.5 Å². The molecule has 0 atom stereocenters. The number of anilines is 1. The van der Waals surface area contributed by atoms with E-state index < -0.39 is 11.2 Å². The molecule has 0 fully saturated rings. The molecule has 2 aliphatic heterocycles. The van der Waals surface area contributed by atoms with Gasteiger partial charge in [0.2, 0.25) is 0 Å². The number of H-pyrrole nitrogens is 1. The number of rotatable bonds is 10. The average molecular weight is 470 g/mol. The molecule has 2 N–H and O–H groups in total. The number of aryl methyl sites for hydroxylation is 2. The predicted molar refractivity (Wildman–Crippen MR) is 133 cm³/mol. The maximum absolute atomic E-state index is 12.5. The van der Waals surface area contributed by atoms with E-state index in [4.69, 9.17) is 4.74 Å². The Labute approximate surface area is 199 Å². The lowest BCUT2D eigenvalue weighted by molar-refractivity contribution is -0.143. The Morgan fingerprint density at radius 3 is 2.56 bits per heavy atom. The van der Waals surface area contributed by atoms with E-state index in [0.29, 0.717) is 30.9 Å². The van der Waals surface area contributed by atoms with Gasteiger partial charge in [-0.25, -0.2) is 9.78 Å². The molecule has 34 heavy (non-hydrogen) atoms. The van der Waals surface area contributed by atoms with Crippen molar-refractivity contribution < 1.29 is 9.53 Å². The monoisotopic (exact) mass is 469 g/mol. The second-order valence-corrected chi connectivity index (χ2v) is 9.85. The maximum Gasteiger partial charge on any atom is 0.349 e. The Balaban J connectivity index is 1.91. The number of carbonyl (C=O) groups excluding carboxylic acids is 1. The van der Waals surface area contributed by atoms with Crippen molar-refractivity contribution in [2.24, 2.45) is 5.41 Å². The Morgan fingerprint density at radius 2 is 1.85 bits per heavy atom. The first-order valence-corrected chi connectivity index (χ1v) is 11.9. The molecule has 2 heterocycles. The van der Waals surface area contributed by atoms with E-state index in [9.17, 15) is 14.4 Å². The third-order valence-electron chi connectivity index (χ3n) is 5.58. The number of esters is 1. The number of nitrogens with one attached hydrogen (secondary N) is 2. The van der Waals surface area contributed by atoms with Crippen LogP contribution in [-0.4, -0.2) is 38.6 Å². The zero-order valence-corrected chi connectivity index (χ0v) is 20.8. The molecule has 184 valence electrons. The summed E-state index contributed by atoms with van der Waals surface area (Å²) in [4.78, 5) is 46.8. The Morgan fingerprint density at radius 1 is 1.12 bits per heavy atom. The number of carbonyl (C=O) groups is 1. The molecule has 0 bridgehead atoms. The third kappa shape index (κ3) is 6.42. The van der Waals surface area contributed by atoms with Crippen LogP contribution in [-0.2, 0) is 16.1 Å². The van der Waals surface area contributed by atoms with Crippen molar-refractivity contribution in [2.45, 2.75) is 73.3 Å². The minimum absolute atomic E-state index is 0.106. The van der Waals surface area contributed by atoms with Crippen LogP contribution in [0.4, 0.5) is 5.69 Å². The van der Waals surface area contributed by atoms with E-state index in [1.807, 2.05) is 23.6 Å². The van der Waals surface area contributed by atoms with Gasteiger partial charge in [-0.3, -0.25) is 14.6 Å². The lowest BCUT2D eigenvalue weighted by atomic mass is 9.96. The second-order valence-electron chi connectivity index (χ2n) is 9.85. The summed E-state index contributed by atoms with van der Waals surface area (Å²) in [5, 5.41) is 3.51. The van der Waals surface area contributed by atoms with Crippen molar-refractivity contribution in [1.82, 2.24) is 19.5 Å². The van der Waals surface area contributed by atoms with E-state index in [0.717, 1.165) is 49.0 Å². The molecule has 9 heteroatoms. The molecule has 0 amide bonds. The molecule has 1 aromatic carbocycles. The smallest absolute Gasteiger partial charge is 0.349 e. The van der Waals surface area contributed by atoms with Gasteiger partial charge in [0.1, 0.15) is 0 Å². The molecule has 0 saturated heterocycles. The van der Waals surface area contributed by atoms with Gasteiger partial charge in [0.05, 0.1) is 17.6 Å². The normalized spacial score (nSPS) is 11.8. The number of ether oxygens (including phenoxy) is 1. The van der Waals surface area contributed by atoms with Crippen molar-refractivity contribution in [3.8, 4) is 11.5 Å². The van der Waals surface area contributed by atoms with Gasteiger partial charge in [-0.1, -0.05) is 33.6 Å². The van der Waals surface area contributed by atoms with Crippen molar-refractivity contribution in [3.05, 3.63) is 38.5 Å². The molecule has 0 aromatic heterocycles. The fourth-order valence-corrected chi connectivity index (χ4v) is 3.85. The number of aromatic amines is 1. The lowest BCUT2D eigenvalue weighted by Gasteiger charge is -2.22. The quantitative estimate of drug-likeness (QED) is 0.263.